The van der Waals surface area contributed by atoms with Crippen molar-refractivity contribution in [2.45, 2.75) is 325 Å². The molecule has 0 spiro atoms. The third kappa shape index (κ3) is 21.7. The number of carbonyl (C=O) groups is 1. The van der Waals surface area contributed by atoms with E-state index in [0.29, 0.717) is 31.4 Å². The number of hydrogen-bond donors (Lipinski definition) is 29. The monoisotopic (exact) mass is 1500 g/mol. The van der Waals surface area contributed by atoms with Gasteiger partial charge in [0.2, 0.25) is 0 Å². The third-order valence-electron chi connectivity index (χ3n) is 20.1. The van der Waals surface area contributed by atoms with Gasteiger partial charge in [0, 0.05) is 30.3 Å². The fourth-order valence-electron chi connectivity index (χ4n) is 14.0. The van der Waals surface area contributed by atoms with Crippen LogP contribution in [0.25, 0.3) is 0 Å². The number of hydrogen-bond acceptors (Lipinski definition) is 38. The van der Waals surface area contributed by atoms with Crippen LogP contribution >= 0.6 is 0 Å². The smallest absolute Gasteiger partial charge is 0.187 e. The van der Waals surface area contributed by atoms with E-state index in [1.54, 1.807) is 13.8 Å². The summed E-state index contributed by atoms with van der Waals surface area (Å²) in [5.41, 5.74) is 58.5. The average molecular weight is 1500 g/mol. The van der Waals surface area contributed by atoms with E-state index in [1.165, 1.54) is 20.8 Å². The normalized spacial score (nSPS) is 46.9. The molecule has 8 fully saturated rings. The van der Waals surface area contributed by atoms with Gasteiger partial charge in [-0.2, -0.15) is 0 Å². The van der Waals surface area contributed by atoms with Crippen molar-refractivity contribution in [3.63, 3.8) is 0 Å². The molecule has 0 aromatic carbocycles. The van der Waals surface area contributed by atoms with E-state index < -0.39 is 250 Å². The standard InChI is InChI=1S/C25H47N5O12.C20H39N5O10.C16H31N3O7/c1-3-4-11(32)12(33)6-9-5-10(26)21(41-23-14(27)17(36)18(37)20(40-23)8(2)31)22(15(9)34)42-24-19(38)16(35)13(39-24)7-30-25(28)29;1-5-3-7(21)16(34-18-9(22)12(29)13(30)15(33-18)6(2)26)17(10(5)27)35-19-14(31)11(28)8(32-19)4-25-20(23)24;1-5(17)3-7-4-8(18)15(12(23)10(7)21)26-16-9(19)11(22)13(24)14(25-16)6(2)20/h8-11,13-24,31-32,34-38H,3-7,26-27H2,1-2H3,(H4,28,29,30);5-19,26-31H,3-4,21-22H2,1-2H3,(H4,23,24,25);6-17,20-24H,3-4,18-19H2,1-2H3/t8-,9+,10?,11?,13-,14?,15?,16+,17-,18+,19?,20?,21-,22-,23-,24+;5-,6-,7?,8-,9?,10?,11+,12-,13+,14?,15?,16-,17-,18-,19+;6-,7?,8?,9+,10-,11+,12?,13+,14?,15-,16-/m111/s1. The van der Waals surface area contributed by atoms with Crippen molar-refractivity contribution in [1.29, 1.82) is 5.41 Å². The average Bonchev–Trinajstić information content (AvgIpc) is 1.61. The first kappa shape index (κ1) is 88.4. The van der Waals surface area contributed by atoms with Crippen LogP contribution in [0.4, 0.5) is 0 Å². The first-order valence-electron chi connectivity index (χ1n) is 34.6. The van der Waals surface area contributed by atoms with E-state index in [0.717, 1.165) is 0 Å². The summed E-state index contributed by atoms with van der Waals surface area (Å²) in [4.78, 5) is 20.2. The maximum atomic E-state index is 12.7. The fourth-order valence-corrected chi connectivity index (χ4v) is 14.0. The Kier molecular flexibility index (Phi) is 33.3. The highest BCUT2D eigenvalue weighted by atomic mass is 16.8. The highest BCUT2D eigenvalue weighted by molar-refractivity contribution is 5.83. The van der Waals surface area contributed by atoms with E-state index in [9.17, 15) is 96.7 Å². The molecule has 3 saturated carbocycles. The summed E-state index contributed by atoms with van der Waals surface area (Å²) in [7, 11) is 0. The van der Waals surface area contributed by atoms with E-state index in [4.69, 9.17) is 110 Å². The molecule has 5 heterocycles. The van der Waals surface area contributed by atoms with Gasteiger partial charge in [0.15, 0.2) is 49.2 Å². The van der Waals surface area contributed by atoms with Gasteiger partial charge in [-0.05, 0) is 77.6 Å². The van der Waals surface area contributed by atoms with Crippen LogP contribution in [0.15, 0.2) is 9.98 Å². The summed E-state index contributed by atoms with van der Waals surface area (Å²) in [5.74, 6) is -2.47. The molecule has 3 aliphatic carbocycles. The van der Waals surface area contributed by atoms with Gasteiger partial charge in [-0.25, -0.2) is 0 Å². The molecule has 5 saturated heterocycles. The van der Waals surface area contributed by atoms with E-state index >= 15 is 0 Å². The number of carbonyl (C=O) groups excluding carboxylic acids is 1. The molecule has 39 N–H and O–H groups in total. The molecule has 8 rings (SSSR count). The molecular formula is C61H117N13O29. The van der Waals surface area contributed by atoms with Gasteiger partial charge < -0.3 is 202 Å². The number of nitrogens with one attached hydrogen (secondary N) is 1. The van der Waals surface area contributed by atoms with E-state index in [-0.39, 0.29) is 56.1 Å². The van der Waals surface area contributed by atoms with Gasteiger partial charge in [0.25, 0.3) is 0 Å². The van der Waals surface area contributed by atoms with Gasteiger partial charge in [-0.3, -0.25) is 14.8 Å². The summed E-state index contributed by atoms with van der Waals surface area (Å²) < 4.78 is 57.5. The molecule has 600 valence electrons. The first-order chi connectivity index (χ1) is 48.0. The molecule has 5 aliphatic heterocycles. The third-order valence-corrected chi connectivity index (χ3v) is 20.1. The van der Waals surface area contributed by atoms with Crippen LogP contribution in [0.1, 0.15) is 86.5 Å². The maximum absolute atomic E-state index is 12.7. The number of nitrogens with two attached hydrogens (primary N) is 10. The lowest BCUT2D eigenvalue weighted by atomic mass is 9.76. The highest BCUT2D eigenvalue weighted by Gasteiger charge is 2.57. The minimum Gasteiger partial charge on any atom is -0.391 e. The lowest BCUT2D eigenvalue weighted by Gasteiger charge is -2.48. The van der Waals surface area contributed by atoms with Crippen LogP contribution in [0.3, 0.4) is 0 Å². The summed E-state index contributed by atoms with van der Waals surface area (Å²) in [6.07, 6.45) is -41.2. The van der Waals surface area contributed by atoms with Crippen LogP contribution in [0.2, 0.25) is 0 Å². The van der Waals surface area contributed by atoms with Gasteiger partial charge in [0.05, 0.1) is 67.8 Å². The number of guanidine groups is 2. The van der Waals surface area contributed by atoms with E-state index in [2.05, 4.69) is 9.98 Å². The van der Waals surface area contributed by atoms with Crippen LogP contribution in [-0.4, -0.2) is 367 Å². The Morgan fingerprint density at radius 3 is 1.14 bits per heavy atom. The Morgan fingerprint density at radius 1 is 0.437 bits per heavy atom. The second-order valence-corrected chi connectivity index (χ2v) is 28.5. The molecule has 15 unspecified atom stereocenters. The van der Waals surface area contributed by atoms with Crippen LogP contribution in [-0.2, 0) is 52.2 Å². The van der Waals surface area contributed by atoms with Crippen molar-refractivity contribution >= 4 is 23.4 Å². The number of aliphatic hydroxyl groups excluding tert-OH is 18. The van der Waals surface area contributed by atoms with Crippen molar-refractivity contribution in [3.05, 3.63) is 0 Å². The zero-order chi connectivity index (χ0) is 77.4. The molecule has 0 bridgehead atoms. The summed E-state index contributed by atoms with van der Waals surface area (Å²) >= 11 is 0. The summed E-state index contributed by atoms with van der Waals surface area (Å²) in [6.45, 7) is 8.96. The Bertz CT molecular complexity index is 2680. The Hall–Kier alpha value is -3.48. The summed E-state index contributed by atoms with van der Waals surface area (Å²) in [5, 5.41) is 194. The van der Waals surface area contributed by atoms with Gasteiger partial charge in [0.1, 0.15) is 134 Å². The van der Waals surface area contributed by atoms with Gasteiger partial charge >= 0.3 is 0 Å². The maximum Gasteiger partial charge on any atom is 0.187 e. The lowest BCUT2D eigenvalue weighted by molar-refractivity contribution is -0.317. The fraction of sp³-hybridized carbons (Fsp3) is 0.934. The van der Waals surface area contributed by atoms with Gasteiger partial charge in [-0.1, -0.05) is 20.3 Å². The zero-order valence-electron chi connectivity index (χ0n) is 58.3. The van der Waals surface area contributed by atoms with Crippen LogP contribution in [0, 0.1) is 23.2 Å². The van der Waals surface area contributed by atoms with Crippen molar-refractivity contribution in [3.8, 4) is 0 Å². The van der Waals surface area contributed by atoms with Crippen LogP contribution < -0.4 is 57.3 Å². The number of ketones is 1. The number of ether oxygens (including phenoxy) is 10. The van der Waals surface area contributed by atoms with Crippen molar-refractivity contribution in [1.82, 2.24) is 0 Å². The second kappa shape index (κ2) is 38.7. The summed E-state index contributed by atoms with van der Waals surface area (Å²) in [6, 6.07) is -5.92. The molecule has 0 radical (unpaired) electrons. The molecule has 42 heteroatoms. The van der Waals surface area contributed by atoms with E-state index in [1.807, 2.05) is 6.92 Å². The first-order valence-corrected chi connectivity index (χ1v) is 34.6. The minimum absolute atomic E-state index is 0.0348. The number of aliphatic hydroxyl groups is 18. The Morgan fingerprint density at radius 2 is 0.777 bits per heavy atom. The van der Waals surface area contributed by atoms with Crippen molar-refractivity contribution in [2.24, 2.45) is 85.1 Å². The van der Waals surface area contributed by atoms with Crippen molar-refractivity contribution in [2.75, 3.05) is 13.1 Å². The van der Waals surface area contributed by atoms with Crippen LogP contribution in [0.5, 0.6) is 0 Å². The molecule has 0 aromatic heterocycles. The topological polar surface area (TPSA) is 782 Å². The Labute approximate surface area is 594 Å². The second-order valence-electron chi connectivity index (χ2n) is 28.5. The highest BCUT2D eigenvalue weighted by Crippen LogP contribution is 2.39. The van der Waals surface area contributed by atoms with Crippen molar-refractivity contribution < 1.29 is 144 Å². The number of Topliss-reactive ketones (excluding diaryl/α,β-unsaturated/α-hetero) is 1. The predicted octanol–water partition coefficient (Wildman–Crippen LogP) is -14.2. The predicted molar refractivity (Wildman–Crippen MR) is 355 cm³/mol. The molecule has 42 nitrogen and oxygen atoms in total. The zero-order valence-corrected chi connectivity index (χ0v) is 58.3. The SMILES string of the molecule is CC(=N)CC1CC(N)[C@@H](O[C@H]2OC([C@@H](C)O)[C@@H](O)[C@@H](O)[C@@H]2N)C(O)[C@@H]1O.CCCC(O)C(=O)C[C@@H]1CC(N)[C@@H](O[C@H]2OC([C@@H](C)O)[C@@H](O)[C@H](O)C2N)[C@H](O[C@@H]2O[C@H](CN=C(N)N)[C@H](O)C2O)C1O.C[C@@H]1CC(N)[C@@H](O[C@H]2OC([C@@H](C)O)[C@@H](O)[C@H](O)C2N)[C@H](O[C@@H]2O[C@H](CN=C(N)N)[C@H](O)C2O)C1O. The lowest BCUT2D eigenvalue weighted by Crippen LogP contribution is -2.67. The minimum atomic E-state index is -1.61. The largest absolute Gasteiger partial charge is 0.391 e. The molecule has 0 aromatic rings. The molecule has 0 amide bonds. The number of nitrogens with zero attached hydrogens (tertiary/aromatic N) is 2. The number of aliphatic imine (C=N–C) groups is 2. The van der Waals surface area contributed by atoms with Gasteiger partial charge in [-0.15, -0.1) is 0 Å². The molecule has 103 heavy (non-hydrogen) atoms. The number of rotatable bonds is 24. The quantitative estimate of drug-likeness (QED) is 0.0315. The molecular weight excluding hydrogens is 1380 g/mol. The molecule has 42 atom stereocenters. The molecule has 8 aliphatic rings. The Balaban J connectivity index is 0.000000249.